The van der Waals surface area contributed by atoms with E-state index in [2.05, 4.69) is 16.0 Å². The van der Waals surface area contributed by atoms with E-state index in [1.165, 1.54) is 0 Å². The lowest BCUT2D eigenvalue weighted by molar-refractivity contribution is 1.21. The Kier molecular flexibility index (Phi) is 1.64. The molecule has 0 aliphatic carbocycles. The van der Waals surface area contributed by atoms with Crippen molar-refractivity contribution in [2.45, 2.75) is 0 Å². The molecule has 0 fully saturated rings. The van der Waals surface area contributed by atoms with Crippen LogP contribution in [0.15, 0.2) is 5.22 Å². The zero-order valence-corrected chi connectivity index (χ0v) is 1.92. The van der Waals surface area contributed by atoms with Gasteiger partial charge in [0.05, 0.1) is 0 Å². The Bertz CT molecular complexity index is 38.0. The molecule has 0 spiro atoms. The maximum Gasteiger partial charge on any atom is -0.0241 e. The van der Waals surface area contributed by atoms with E-state index in [1.807, 2.05) is 0 Å². The molecule has 0 aliphatic heterocycles. The molecule has 0 saturated heterocycles. The van der Waals surface area contributed by atoms with Gasteiger partial charge >= 0.3 is 0 Å². The molecule has 0 bridgehead atoms. The molecule has 0 rings (SSSR count). The molecule has 0 heterocycles. The molecule has 0 aromatic carbocycles. The normalized spacial score (nSPS) is 4.00. The Labute approximate surface area is 22.8 Å². The van der Waals surface area contributed by atoms with Crippen LogP contribution >= 0.6 is 0 Å². The second kappa shape index (κ2) is 2.11. The Morgan fingerprint density at radius 3 is 2.25 bits per heavy atom. The van der Waals surface area contributed by atoms with Crippen molar-refractivity contribution < 1.29 is 0 Å². The Morgan fingerprint density at radius 1 is 2.00 bits per heavy atom. The molecule has 0 atom stereocenters. The molecule has 2 N–H and O–H groups in total. The lowest BCUT2D eigenvalue weighted by atomic mass is 12.7. The van der Waals surface area contributed by atoms with Crippen LogP contribution in [0.5, 0.6) is 0 Å². The summed E-state index contributed by atoms with van der Waals surface area (Å²) in [4.78, 5) is 2.14. The van der Waals surface area contributed by atoms with E-state index in [9.17, 15) is 0 Å². The third-order valence-electron chi connectivity index (χ3n) is 0.0516. The second-order valence-corrected chi connectivity index (χ2v) is 0.205. The minimum atomic E-state index is 2.14. The van der Waals surface area contributed by atoms with Gasteiger partial charge in [-0.25, -0.2) is 0 Å². The van der Waals surface area contributed by atoms with E-state index in [0.29, 0.717) is 0 Å². The van der Waals surface area contributed by atoms with Crippen LogP contribution in [0.2, 0.25) is 0 Å². The molecule has 4 heavy (non-hydrogen) atoms. The minimum absolute atomic E-state index is 2.14. The summed E-state index contributed by atoms with van der Waals surface area (Å²) < 4.78 is 0. The molecule has 0 aliphatic rings. The second-order valence-electron chi connectivity index (χ2n) is 0.205. The van der Waals surface area contributed by atoms with E-state index >= 15 is 0 Å². The highest BCUT2D eigenvalue weighted by Crippen LogP contribution is 1.38. The fourth-order valence-electron chi connectivity index (χ4n) is 0. The van der Waals surface area contributed by atoms with Crippen LogP contribution in [-0.2, 0) is 0 Å². The number of nitrogens with zero attached hydrogens (tertiary/aromatic N) is 3. The van der Waals surface area contributed by atoms with Crippen molar-refractivity contribution >= 4 is 0 Å². The first-order valence-corrected chi connectivity index (χ1v) is 0.658. The van der Waals surface area contributed by atoms with Crippen molar-refractivity contribution in [1.29, 1.82) is 0 Å². The predicted molar refractivity (Wildman–Crippen MR) is 13.3 cm³/mol. The summed E-state index contributed by atoms with van der Waals surface area (Å²) in [5.74, 6) is 4.24. The van der Waals surface area contributed by atoms with Crippen LogP contribution in [0.1, 0.15) is 0 Å². The summed E-state index contributed by atoms with van der Waals surface area (Å²) in [5.41, 5.74) is 7.21. The van der Waals surface area contributed by atoms with E-state index in [-0.39, 0.29) is 0 Å². The van der Waals surface area contributed by atoms with Gasteiger partial charge in [-0.1, -0.05) is 0 Å². The highest BCUT2D eigenvalue weighted by atomic mass is 15.3. The fourth-order valence-corrected chi connectivity index (χ4v) is 0. The molecular formula is H2N4. The number of nitrogens with two attached hydrogens (primary N) is 1. The van der Waals surface area contributed by atoms with Gasteiger partial charge in [0.1, 0.15) is 0 Å². The SMILES string of the molecule is [N-]=[N+]=NN. The average Bonchev–Trinajstić information content (AvgIpc) is 1.37. The van der Waals surface area contributed by atoms with Gasteiger partial charge in [-0.2, -0.15) is 4.91 Å². The summed E-state index contributed by atoms with van der Waals surface area (Å²) in [6.07, 6.45) is 0. The van der Waals surface area contributed by atoms with Gasteiger partial charge in [0, 0.05) is 0 Å². The van der Waals surface area contributed by atoms with Crippen LogP contribution < -0.4 is 5.84 Å². The summed E-state index contributed by atoms with van der Waals surface area (Å²) >= 11 is 0. The highest BCUT2D eigenvalue weighted by molar-refractivity contribution is 4.28. The Hall–Kier alpha value is -0.890. The van der Waals surface area contributed by atoms with Gasteiger partial charge in [0.25, 0.3) is 0 Å². The zero-order valence-electron chi connectivity index (χ0n) is 1.92. The van der Waals surface area contributed by atoms with Crippen molar-refractivity contribution in [1.82, 2.24) is 0 Å². The summed E-state index contributed by atoms with van der Waals surface area (Å²) in [6, 6.07) is 0. The van der Waals surface area contributed by atoms with E-state index < -0.39 is 0 Å². The fraction of sp³-hybridized carbons (Fsp3) is 0. The average molecular weight is 58.0 g/mol. The first-order chi connectivity index (χ1) is 1.91. The molecule has 0 aromatic heterocycles. The molecule has 0 radical (unpaired) electrons. The van der Waals surface area contributed by atoms with E-state index in [4.69, 9.17) is 5.53 Å². The largest absolute Gasteiger partial charge is 0.274 e. The minimum Gasteiger partial charge on any atom is -0.274 e. The van der Waals surface area contributed by atoms with Gasteiger partial charge in [0.15, 0.2) is 0 Å². The lowest BCUT2D eigenvalue weighted by Crippen LogP contribution is -1.66. The molecular weight excluding hydrogens is 56.0 g/mol. The van der Waals surface area contributed by atoms with E-state index in [0.717, 1.165) is 0 Å². The Morgan fingerprint density at radius 2 is 2.25 bits per heavy atom. The van der Waals surface area contributed by atoms with E-state index in [1.54, 1.807) is 0 Å². The van der Waals surface area contributed by atoms with Gasteiger partial charge in [-0.15, -0.1) is 5.53 Å². The monoisotopic (exact) mass is 58.0 g/mol. The third kappa shape index (κ3) is 1.11. The van der Waals surface area contributed by atoms with Gasteiger partial charge < -0.3 is 0 Å². The van der Waals surface area contributed by atoms with Crippen LogP contribution in [-0.4, -0.2) is 0 Å². The number of rotatable bonds is 0. The van der Waals surface area contributed by atoms with Crippen LogP contribution in [0.4, 0.5) is 0 Å². The number of hydrogen-bond donors (Lipinski definition) is 1. The standard InChI is InChI=1S/H2N4/c1-3-4-2/h1H2. The van der Waals surface area contributed by atoms with Crippen molar-refractivity contribution in [3.05, 3.63) is 10.4 Å². The summed E-state index contributed by atoms with van der Waals surface area (Å²) in [5, 5.41) is 2.42. The third-order valence-corrected chi connectivity index (χ3v) is 0.0516. The maximum atomic E-state index is 7.21. The number of hydrogen-bond acceptors (Lipinski definition) is 1. The zero-order chi connectivity index (χ0) is 3.41. The molecule has 4 heteroatoms. The van der Waals surface area contributed by atoms with Gasteiger partial charge in [-0.3, -0.25) is 5.84 Å². The van der Waals surface area contributed by atoms with Crippen LogP contribution in [0, 0.1) is 0 Å². The molecule has 0 unspecified atom stereocenters. The first-order valence-electron chi connectivity index (χ1n) is 0.658. The van der Waals surface area contributed by atoms with Gasteiger partial charge in [-0.05, 0) is 5.22 Å². The van der Waals surface area contributed by atoms with Crippen molar-refractivity contribution in [2.24, 2.45) is 11.1 Å². The predicted octanol–water partition coefficient (Wildman–Crippen LogP) is 0.170. The Balaban J connectivity index is 3.11. The molecule has 0 saturated carbocycles. The smallest absolute Gasteiger partial charge is 0.0241 e. The molecule has 0 aromatic rings. The summed E-state index contributed by atoms with van der Waals surface area (Å²) in [7, 11) is 0. The lowest BCUT2D eigenvalue weighted by Gasteiger charge is -1.44. The van der Waals surface area contributed by atoms with Crippen LogP contribution in [0.3, 0.4) is 0 Å². The number of azide groups is 1. The summed E-state index contributed by atoms with van der Waals surface area (Å²) in [6.45, 7) is 0. The van der Waals surface area contributed by atoms with Crippen LogP contribution in [0.25, 0.3) is 10.4 Å². The molecule has 0 amide bonds. The molecule has 22 valence electrons. The topological polar surface area (TPSA) is 74.8 Å². The quantitative estimate of drug-likeness (QED) is 0.139. The van der Waals surface area contributed by atoms with Gasteiger partial charge in [0.2, 0.25) is 0 Å². The molecule has 4 nitrogen and oxygen atoms in total. The van der Waals surface area contributed by atoms with Crippen molar-refractivity contribution in [2.75, 3.05) is 0 Å². The maximum absolute atomic E-state index is 7.21. The van der Waals surface area contributed by atoms with Crippen molar-refractivity contribution in [3.8, 4) is 0 Å². The van der Waals surface area contributed by atoms with Crippen molar-refractivity contribution in [3.63, 3.8) is 0 Å². The first kappa shape index (κ1) is 3.11. The highest BCUT2D eigenvalue weighted by Gasteiger charge is 1.18.